The Hall–Kier alpha value is -3.74. The van der Waals surface area contributed by atoms with Gasteiger partial charge < -0.3 is 5.32 Å². The Bertz CT molecular complexity index is 1790. The van der Waals surface area contributed by atoms with E-state index in [4.69, 9.17) is 23.2 Å². The average molecular weight is 613 g/mol. The van der Waals surface area contributed by atoms with Crippen LogP contribution in [0, 0.1) is 6.92 Å². The maximum Gasteiger partial charge on any atom is 0.416 e. The van der Waals surface area contributed by atoms with E-state index in [1.54, 1.807) is 44.3 Å². The minimum absolute atomic E-state index is 0.145. The van der Waals surface area contributed by atoms with Crippen LogP contribution in [0.2, 0.25) is 10.0 Å². The second-order valence-corrected chi connectivity index (χ2v) is 11.4. The van der Waals surface area contributed by atoms with Crippen molar-refractivity contribution in [1.82, 2.24) is 9.36 Å². The van der Waals surface area contributed by atoms with Crippen molar-refractivity contribution in [3.63, 3.8) is 0 Å². The normalized spacial score (nSPS) is 11.9. The molecule has 8 nitrogen and oxygen atoms in total. The lowest BCUT2D eigenvalue weighted by molar-refractivity contribution is -0.137. The Morgan fingerprint density at radius 3 is 2.23 bits per heavy atom. The highest BCUT2D eigenvalue weighted by Crippen LogP contribution is 2.34. The van der Waals surface area contributed by atoms with E-state index < -0.39 is 38.1 Å². The molecule has 14 heteroatoms. The van der Waals surface area contributed by atoms with Gasteiger partial charge in [-0.25, -0.2) is 13.1 Å². The Morgan fingerprint density at radius 2 is 1.60 bits per heavy atom. The van der Waals surface area contributed by atoms with Crippen LogP contribution in [0.1, 0.15) is 21.6 Å². The summed E-state index contributed by atoms with van der Waals surface area (Å²) < 4.78 is 70.3. The summed E-state index contributed by atoms with van der Waals surface area (Å²) in [6, 6.07) is 14.4. The Kier molecular flexibility index (Phi) is 7.81. The summed E-state index contributed by atoms with van der Waals surface area (Å²) >= 11 is 12.2. The van der Waals surface area contributed by atoms with E-state index in [2.05, 4.69) is 5.32 Å². The molecule has 4 rings (SSSR count). The van der Waals surface area contributed by atoms with Gasteiger partial charge in [-0.2, -0.15) is 13.2 Å². The van der Waals surface area contributed by atoms with E-state index in [9.17, 15) is 31.2 Å². The molecule has 0 unspecified atom stereocenters. The molecule has 0 aliphatic rings. The van der Waals surface area contributed by atoms with Crippen molar-refractivity contribution in [1.29, 1.82) is 0 Å². The van der Waals surface area contributed by atoms with Gasteiger partial charge in [0.1, 0.15) is 10.6 Å². The van der Waals surface area contributed by atoms with Gasteiger partial charge in [0.25, 0.3) is 21.5 Å². The molecule has 210 valence electrons. The van der Waals surface area contributed by atoms with Gasteiger partial charge in [-0.05, 0) is 55.5 Å². The van der Waals surface area contributed by atoms with Gasteiger partial charge in [0.15, 0.2) is 0 Å². The minimum atomic E-state index is -4.68. The van der Waals surface area contributed by atoms with Gasteiger partial charge in [-0.1, -0.05) is 41.4 Å². The quantitative estimate of drug-likeness (QED) is 0.294. The van der Waals surface area contributed by atoms with Crippen LogP contribution in [0.5, 0.6) is 0 Å². The van der Waals surface area contributed by atoms with Crippen LogP contribution >= 0.6 is 23.2 Å². The number of nitrogens with one attached hydrogen (secondary N) is 1. The lowest BCUT2D eigenvalue weighted by atomic mass is 10.1. The van der Waals surface area contributed by atoms with Gasteiger partial charge in [0, 0.05) is 19.7 Å². The fourth-order valence-corrected chi connectivity index (χ4v) is 5.93. The first-order valence-electron chi connectivity index (χ1n) is 11.4. The molecule has 1 N–H and O–H groups in total. The van der Waals surface area contributed by atoms with Gasteiger partial charge >= 0.3 is 6.18 Å². The molecule has 0 aliphatic heterocycles. The number of aromatic nitrogens is 2. The fraction of sp³-hybridized carbons (Fsp3) is 0.154. The molecule has 0 fully saturated rings. The highest BCUT2D eigenvalue weighted by molar-refractivity contribution is 7.93. The molecule has 0 saturated carbocycles. The number of anilines is 2. The van der Waals surface area contributed by atoms with Crippen LogP contribution in [-0.4, -0.2) is 30.7 Å². The Morgan fingerprint density at radius 1 is 0.975 bits per heavy atom. The first-order valence-corrected chi connectivity index (χ1v) is 13.6. The molecule has 0 spiro atoms. The third-order valence-electron chi connectivity index (χ3n) is 6.21. The van der Waals surface area contributed by atoms with Crippen LogP contribution in [0.4, 0.5) is 24.5 Å². The molecule has 0 radical (unpaired) electrons. The predicted molar refractivity (Wildman–Crippen MR) is 147 cm³/mol. The Labute approximate surface area is 237 Å². The van der Waals surface area contributed by atoms with Crippen LogP contribution < -0.4 is 15.2 Å². The third kappa shape index (κ3) is 5.34. The fourth-order valence-electron chi connectivity index (χ4n) is 4.02. The summed E-state index contributed by atoms with van der Waals surface area (Å²) in [7, 11) is -1.71. The average Bonchev–Trinajstić information content (AvgIpc) is 3.12. The van der Waals surface area contributed by atoms with Gasteiger partial charge in [0.05, 0.1) is 32.7 Å². The minimum Gasteiger partial charge on any atom is -0.321 e. The van der Waals surface area contributed by atoms with Crippen molar-refractivity contribution in [3.05, 3.63) is 104 Å². The standard InChI is InChI=1S/C26H21Cl2F3N4O4S/c1-15-23(25(37)35(33(15)2)18-7-5-4-6-8-18)34(3)40(38,39)22-13-16(9-11-20(22)28)24(36)32-21-14-17(26(29,30)31)10-12-19(21)27/h4-14H,1-3H3,(H,32,36). The first kappa shape index (κ1) is 29.2. The summed E-state index contributed by atoms with van der Waals surface area (Å²) in [6.07, 6.45) is -4.68. The number of nitrogens with zero attached hydrogens (tertiary/aromatic N) is 3. The molecule has 1 heterocycles. The van der Waals surface area contributed by atoms with Crippen LogP contribution in [0.25, 0.3) is 5.69 Å². The number of amides is 1. The van der Waals surface area contributed by atoms with Crippen LogP contribution in [0.15, 0.2) is 76.4 Å². The number of rotatable bonds is 6. The van der Waals surface area contributed by atoms with Gasteiger partial charge in [-0.3, -0.25) is 18.6 Å². The number of hydrogen-bond donors (Lipinski definition) is 1. The van der Waals surface area contributed by atoms with Crippen LogP contribution in [-0.2, 0) is 23.2 Å². The number of benzene rings is 3. The van der Waals surface area contributed by atoms with E-state index in [0.29, 0.717) is 17.4 Å². The molecule has 4 aromatic rings. The predicted octanol–water partition coefficient (Wildman–Crippen LogP) is 5.89. The second-order valence-electron chi connectivity index (χ2n) is 8.67. The summed E-state index contributed by atoms with van der Waals surface area (Å²) in [6.45, 7) is 1.58. The number of para-hydroxylation sites is 1. The number of halogens is 5. The van der Waals surface area contributed by atoms with Gasteiger partial charge in [-0.15, -0.1) is 0 Å². The molecule has 1 amide bonds. The zero-order valence-electron chi connectivity index (χ0n) is 21.1. The lowest BCUT2D eigenvalue weighted by Gasteiger charge is -2.19. The first-order chi connectivity index (χ1) is 18.6. The van der Waals surface area contributed by atoms with Crippen molar-refractivity contribution in [3.8, 4) is 5.69 Å². The van der Waals surface area contributed by atoms with Crippen molar-refractivity contribution in [2.24, 2.45) is 7.05 Å². The highest BCUT2D eigenvalue weighted by Gasteiger charge is 2.32. The Balaban J connectivity index is 1.72. The number of sulfonamides is 1. The highest BCUT2D eigenvalue weighted by atomic mass is 35.5. The summed E-state index contributed by atoms with van der Waals surface area (Å²) in [5.41, 5.74) is -1.48. The number of hydrogen-bond acceptors (Lipinski definition) is 4. The maximum absolute atomic E-state index is 13.7. The SMILES string of the molecule is Cc1c(N(C)S(=O)(=O)c2cc(C(=O)Nc3cc(C(F)(F)F)ccc3Cl)ccc2Cl)c(=O)n(-c2ccccc2)n1C. The second kappa shape index (κ2) is 10.7. The molecule has 0 atom stereocenters. The molecular weight excluding hydrogens is 592 g/mol. The van der Waals surface area contributed by atoms with E-state index in [1.807, 2.05) is 0 Å². The zero-order valence-corrected chi connectivity index (χ0v) is 23.5. The van der Waals surface area contributed by atoms with E-state index >= 15 is 0 Å². The van der Waals surface area contributed by atoms with Crippen molar-refractivity contribution < 1.29 is 26.4 Å². The van der Waals surface area contributed by atoms with Crippen LogP contribution in [0.3, 0.4) is 0 Å². The smallest absolute Gasteiger partial charge is 0.321 e. The maximum atomic E-state index is 13.7. The molecule has 3 aromatic carbocycles. The molecule has 0 bridgehead atoms. The van der Waals surface area contributed by atoms with E-state index in [0.717, 1.165) is 28.6 Å². The lowest BCUT2D eigenvalue weighted by Crippen LogP contribution is -2.32. The zero-order chi connectivity index (χ0) is 29.6. The largest absolute Gasteiger partial charge is 0.416 e. The number of alkyl halides is 3. The monoisotopic (exact) mass is 612 g/mol. The molecule has 1 aromatic heterocycles. The van der Waals surface area contributed by atoms with E-state index in [-0.39, 0.29) is 27.0 Å². The van der Waals surface area contributed by atoms with Gasteiger partial charge in [0.2, 0.25) is 0 Å². The molecular formula is C26H21Cl2F3N4O4S. The number of carbonyl (C=O) groups is 1. The number of carbonyl (C=O) groups excluding carboxylic acids is 1. The molecule has 40 heavy (non-hydrogen) atoms. The summed E-state index contributed by atoms with van der Waals surface area (Å²) in [5.74, 6) is -0.931. The third-order valence-corrected chi connectivity index (χ3v) is 8.78. The van der Waals surface area contributed by atoms with Crippen molar-refractivity contribution in [2.75, 3.05) is 16.7 Å². The molecule has 0 saturated heterocycles. The van der Waals surface area contributed by atoms with Crippen molar-refractivity contribution >= 4 is 50.5 Å². The van der Waals surface area contributed by atoms with E-state index in [1.165, 1.54) is 22.5 Å². The topological polar surface area (TPSA) is 93.4 Å². The molecule has 0 aliphatic carbocycles. The summed E-state index contributed by atoms with van der Waals surface area (Å²) in [5, 5.41) is 1.87. The summed E-state index contributed by atoms with van der Waals surface area (Å²) in [4.78, 5) is 25.8. The van der Waals surface area contributed by atoms with Crippen molar-refractivity contribution in [2.45, 2.75) is 18.0 Å².